The van der Waals surface area contributed by atoms with E-state index < -0.39 is 17.3 Å². The molecule has 2 aromatic carbocycles. The summed E-state index contributed by atoms with van der Waals surface area (Å²) in [5.74, 6) is -0.256. The molecule has 0 N–H and O–H groups in total. The van der Waals surface area contributed by atoms with Gasteiger partial charge in [-0.05, 0) is 26.0 Å². The van der Waals surface area contributed by atoms with E-state index in [2.05, 4.69) is 0 Å². The fourth-order valence-electron chi connectivity index (χ4n) is 2.32. The van der Waals surface area contributed by atoms with Crippen molar-refractivity contribution < 1.29 is 27.4 Å². The first kappa shape index (κ1) is 17.8. The third kappa shape index (κ3) is 3.69. The van der Waals surface area contributed by atoms with Gasteiger partial charge in [0.1, 0.15) is 11.5 Å². The fourth-order valence-corrected chi connectivity index (χ4v) is 2.32. The lowest BCUT2D eigenvalue weighted by molar-refractivity contribution is -0.138. The Morgan fingerprint density at radius 3 is 2.33 bits per heavy atom. The number of carbonyl (C=O) groups is 1. The van der Waals surface area contributed by atoms with E-state index in [1.807, 2.05) is 13.0 Å². The highest BCUT2D eigenvalue weighted by atomic mass is 19.4. The Bertz CT molecular complexity index is 741. The molecule has 0 heterocycles. The van der Waals surface area contributed by atoms with Gasteiger partial charge in [-0.25, -0.2) is 0 Å². The lowest BCUT2D eigenvalue weighted by atomic mass is 9.95. The van der Waals surface area contributed by atoms with Crippen molar-refractivity contribution in [1.29, 1.82) is 0 Å². The van der Waals surface area contributed by atoms with E-state index in [1.54, 1.807) is 25.1 Å². The number of halogens is 3. The number of carbonyl (C=O) groups excluding carboxylic acids is 1. The molecule has 0 saturated carbocycles. The molecule has 0 amide bonds. The van der Waals surface area contributed by atoms with Crippen LogP contribution in [0.5, 0.6) is 11.5 Å². The van der Waals surface area contributed by atoms with E-state index in [1.165, 1.54) is 6.07 Å². The summed E-state index contributed by atoms with van der Waals surface area (Å²) in [6.45, 7) is 3.43. The van der Waals surface area contributed by atoms with Crippen LogP contribution in [0.25, 0.3) is 0 Å². The maximum atomic E-state index is 12.9. The molecule has 0 saturated heterocycles. The number of aldehydes is 1. The van der Waals surface area contributed by atoms with Crippen molar-refractivity contribution in [1.82, 2.24) is 0 Å². The molecule has 0 bridgehead atoms. The highest BCUT2D eigenvalue weighted by molar-refractivity contribution is 5.66. The Morgan fingerprint density at radius 2 is 1.79 bits per heavy atom. The van der Waals surface area contributed by atoms with Crippen molar-refractivity contribution in [3.63, 3.8) is 0 Å². The predicted molar refractivity (Wildman–Crippen MR) is 83.2 cm³/mol. The molecule has 0 aliphatic carbocycles. The van der Waals surface area contributed by atoms with Crippen LogP contribution in [0.15, 0.2) is 42.5 Å². The standard InChI is InChI=1S/C18H17F3O3/c1-12-5-4-6-13(9-12)17(2,11-22)24-14-7-8-15(18(19,20)21)16(10-14)23-3/h4-11H,1-3H3. The highest BCUT2D eigenvalue weighted by Crippen LogP contribution is 2.39. The summed E-state index contributed by atoms with van der Waals surface area (Å²) in [6, 6.07) is 10.3. The maximum absolute atomic E-state index is 12.9. The van der Waals surface area contributed by atoms with Gasteiger partial charge in [0.15, 0.2) is 11.9 Å². The number of rotatable bonds is 5. The number of hydrogen-bond acceptors (Lipinski definition) is 3. The average Bonchev–Trinajstić information content (AvgIpc) is 2.53. The summed E-state index contributed by atoms with van der Waals surface area (Å²) >= 11 is 0. The first-order valence-corrected chi connectivity index (χ1v) is 7.17. The smallest absolute Gasteiger partial charge is 0.419 e. The summed E-state index contributed by atoms with van der Waals surface area (Å²) < 4.78 is 49.2. The van der Waals surface area contributed by atoms with Crippen LogP contribution in [-0.4, -0.2) is 13.4 Å². The fraction of sp³-hybridized carbons (Fsp3) is 0.278. The molecule has 0 spiro atoms. The van der Waals surface area contributed by atoms with E-state index in [0.717, 1.165) is 24.8 Å². The first-order chi connectivity index (χ1) is 11.2. The van der Waals surface area contributed by atoms with Crippen LogP contribution in [-0.2, 0) is 16.6 Å². The minimum absolute atomic E-state index is 0.107. The van der Waals surface area contributed by atoms with Gasteiger partial charge in [0.2, 0.25) is 0 Å². The lowest BCUT2D eigenvalue weighted by Gasteiger charge is -2.26. The summed E-state index contributed by atoms with van der Waals surface area (Å²) in [4.78, 5) is 11.6. The summed E-state index contributed by atoms with van der Waals surface area (Å²) in [5, 5.41) is 0. The van der Waals surface area contributed by atoms with Crippen LogP contribution in [0.1, 0.15) is 23.6 Å². The van der Waals surface area contributed by atoms with Gasteiger partial charge in [-0.2, -0.15) is 13.2 Å². The van der Waals surface area contributed by atoms with Crippen molar-refractivity contribution in [3.05, 3.63) is 59.2 Å². The second-order valence-corrected chi connectivity index (χ2v) is 5.56. The molecule has 128 valence electrons. The summed E-state index contributed by atoms with van der Waals surface area (Å²) in [6.07, 6.45) is -3.92. The molecule has 0 fully saturated rings. The molecule has 6 heteroatoms. The van der Waals surface area contributed by atoms with Gasteiger partial charge in [0, 0.05) is 11.6 Å². The second kappa shape index (κ2) is 6.55. The van der Waals surface area contributed by atoms with Crippen molar-refractivity contribution in [2.24, 2.45) is 0 Å². The molecule has 3 nitrogen and oxygen atoms in total. The quantitative estimate of drug-likeness (QED) is 0.752. The molecule has 0 aliphatic heterocycles. The van der Waals surface area contributed by atoms with Gasteiger partial charge < -0.3 is 9.47 Å². The zero-order chi connectivity index (χ0) is 18.0. The van der Waals surface area contributed by atoms with Crippen LogP contribution in [0.4, 0.5) is 13.2 Å². The van der Waals surface area contributed by atoms with Crippen molar-refractivity contribution in [2.75, 3.05) is 7.11 Å². The molecule has 2 aromatic rings. The SMILES string of the molecule is COc1cc(OC(C)(C=O)c2cccc(C)c2)ccc1C(F)(F)F. The number of methoxy groups -OCH3 is 1. The number of alkyl halides is 3. The van der Waals surface area contributed by atoms with E-state index >= 15 is 0 Å². The summed E-state index contributed by atoms with van der Waals surface area (Å²) in [7, 11) is 1.15. The van der Waals surface area contributed by atoms with Gasteiger partial charge in [0.25, 0.3) is 0 Å². The lowest BCUT2D eigenvalue weighted by Crippen LogP contribution is -2.31. The van der Waals surface area contributed by atoms with Crippen LogP contribution in [0, 0.1) is 6.92 Å². The van der Waals surface area contributed by atoms with Crippen LogP contribution in [0.2, 0.25) is 0 Å². The Hall–Kier alpha value is -2.50. The molecule has 24 heavy (non-hydrogen) atoms. The van der Waals surface area contributed by atoms with E-state index in [4.69, 9.17) is 9.47 Å². The molecule has 1 atom stereocenters. The maximum Gasteiger partial charge on any atom is 0.419 e. The minimum atomic E-state index is -4.53. The minimum Gasteiger partial charge on any atom is -0.496 e. The molecule has 2 rings (SSSR count). The molecule has 1 unspecified atom stereocenters. The zero-order valence-electron chi connectivity index (χ0n) is 13.5. The number of aryl methyl sites for hydroxylation is 1. The van der Waals surface area contributed by atoms with Crippen LogP contribution in [0.3, 0.4) is 0 Å². The molecular weight excluding hydrogens is 321 g/mol. The number of hydrogen-bond donors (Lipinski definition) is 0. The van der Waals surface area contributed by atoms with Gasteiger partial charge >= 0.3 is 6.18 Å². The third-order valence-electron chi connectivity index (χ3n) is 3.62. The number of benzene rings is 2. The van der Waals surface area contributed by atoms with Gasteiger partial charge in [0.05, 0.1) is 12.7 Å². The Balaban J connectivity index is 2.40. The summed E-state index contributed by atoms with van der Waals surface area (Å²) in [5.41, 5.74) is -0.678. The van der Waals surface area contributed by atoms with Crippen molar-refractivity contribution in [2.45, 2.75) is 25.6 Å². The predicted octanol–water partition coefficient (Wildman–Crippen LogP) is 4.52. The van der Waals surface area contributed by atoms with Crippen LogP contribution >= 0.6 is 0 Å². The Morgan fingerprint density at radius 1 is 1.08 bits per heavy atom. The monoisotopic (exact) mass is 338 g/mol. The molecule has 0 aliphatic rings. The normalized spacial score (nSPS) is 13.9. The first-order valence-electron chi connectivity index (χ1n) is 7.17. The van der Waals surface area contributed by atoms with Gasteiger partial charge in [-0.1, -0.05) is 29.8 Å². The van der Waals surface area contributed by atoms with Crippen molar-refractivity contribution in [3.8, 4) is 11.5 Å². The van der Waals surface area contributed by atoms with Gasteiger partial charge in [-0.3, -0.25) is 4.79 Å². The van der Waals surface area contributed by atoms with Gasteiger partial charge in [-0.15, -0.1) is 0 Å². The number of ether oxygens (including phenoxy) is 2. The largest absolute Gasteiger partial charge is 0.496 e. The molecular formula is C18H17F3O3. The van der Waals surface area contributed by atoms with E-state index in [-0.39, 0.29) is 11.5 Å². The van der Waals surface area contributed by atoms with E-state index in [9.17, 15) is 18.0 Å². The van der Waals surface area contributed by atoms with E-state index in [0.29, 0.717) is 11.8 Å². The van der Waals surface area contributed by atoms with Crippen molar-refractivity contribution >= 4 is 6.29 Å². The second-order valence-electron chi connectivity index (χ2n) is 5.56. The molecule has 0 aromatic heterocycles. The third-order valence-corrected chi connectivity index (χ3v) is 3.62. The highest BCUT2D eigenvalue weighted by Gasteiger charge is 2.35. The zero-order valence-corrected chi connectivity index (χ0v) is 13.5. The molecule has 0 radical (unpaired) electrons. The average molecular weight is 338 g/mol. The van der Waals surface area contributed by atoms with Crippen LogP contribution < -0.4 is 9.47 Å². The Kier molecular flexibility index (Phi) is 4.87. The Labute approximate surface area is 138 Å². The topological polar surface area (TPSA) is 35.5 Å².